The van der Waals surface area contributed by atoms with Gasteiger partial charge < -0.3 is 10.2 Å². The van der Waals surface area contributed by atoms with Crippen molar-refractivity contribution in [2.24, 2.45) is 5.16 Å². The highest BCUT2D eigenvalue weighted by molar-refractivity contribution is 6.31. The first-order valence-corrected chi connectivity index (χ1v) is 9.20. The third kappa shape index (κ3) is 3.95. The van der Waals surface area contributed by atoms with Crippen LogP contribution in [0.15, 0.2) is 83.5 Å². The molecular weight excluding hydrogens is 382 g/mol. The Kier molecular flexibility index (Phi) is 5.09. The molecule has 1 heterocycles. The lowest BCUT2D eigenvalue weighted by Crippen LogP contribution is -2.07. The normalized spacial score (nSPS) is 14.4. The van der Waals surface area contributed by atoms with Crippen molar-refractivity contribution in [1.82, 2.24) is 0 Å². The number of rotatable bonds is 5. The van der Waals surface area contributed by atoms with Crippen molar-refractivity contribution in [2.45, 2.75) is 6.92 Å². The van der Waals surface area contributed by atoms with Gasteiger partial charge in [0.25, 0.3) is 5.69 Å². The van der Waals surface area contributed by atoms with E-state index in [2.05, 4.69) is 10.5 Å². The van der Waals surface area contributed by atoms with Gasteiger partial charge in [-0.15, -0.1) is 0 Å². The average Bonchev–Trinajstić information content (AvgIpc) is 3.11. The maximum absolute atomic E-state index is 12.2. The fourth-order valence-corrected chi connectivity index (χ4v) is 3.08. The molecule has 0 aromatic heterocycles. The van der Waals surface area contributed by atoms with Crippen LogP contribution in [0, 0.1) is 17.0 Å². The fraction of sp³-hybridized carbons (Fsp3) is 0.0435. The molecule has 3 aromatic rings. The minimum Gasteiger partial charge on any atom is -0.355 e. The summed E-state index contributed by atoms with van der Waals surface area (Å²) in [7, 11) is 0. The number of oxime groups is 1. The van der Waals surface area contributed by atoms with Crippen LogP contribution in [0.1, 0.15) is 16.7 Å². The molecule has 0 saturated carbocycles. The minimum atomic E-state index is -0.599. The molecule has 0 amide bonds. The van der Waals surface area contributed by atoms with Gasteiger partial charge in [0.05, 0.1) is 10.5 Å². The van der Waals surface area contributed by atoms with Gasteiger partial charge in [-0.2, -0.15) is 0 Å². The van der Waals surface area contributed by atoms with E-state index >= 15 is 0 Å². The molecule has 3 aromatic carbocycles. The summed E-state index contributed by atoms with van der Waals surface area (Å²) in [6.07, 6.45) is 1.66. The van der Waals surface area contributed by atoms with Gasteiger partial charge in [0.1, 0.15) is 5.71 Å². The van der Waals surface area contributed by atoms with Crippen LogP contribution in [0.2, 0.25) is 0 Å². The average molecular weight is 399 g/mol. The maximum atomic E-state index is 12.2. The number of carbonyl (C=O) groups excluding carboxylic acids is 1. The van der Waals surface area contributed by atoms with E-state index in [1.165, 1.54) is 12.1 Å². The standard InChI is InChI=1S/C23H17N3O4/c1-15-5-2-3-8-21(15)24-18-11-9-16(10-12-18)13-20-22(25-30-23(20)27)17-6-4-7-19(14-17)26(28)29/h2-14,24H,1H3/b20-13+. The molecule has 30 heavy (non-hydrogen) atoms. The molecule has 7 heteroatoms. The molecule has 1 aliphatic rings. The van der Waals surface area contributed by atoms with E-state index in [0.29, 0.717) is 5.56 Å². The lowest BCUT2D eigenvalue weighted by atomic mass is 10.00. The molecule has 1 N–H and O–H groups in total. The van der Waals surface area contributed by atoms with E-state index < -0.39 is 10.9 Å². The maximum Gasteiger partial charge on any atom is 0.368 e. The Bertz CT molecular complexity index is 1200. The van der Waals surface area contributed by atoms with Gasteiger partial charge in [-0.3, -0.25) is 10.1 Å². The summed E-state index contributed by atoms with van der Waals surface area (Å²) in [4.78, 5) is 27.5. The highest BCUT2D eigenvalue weighted by Gasteiger charge is 2.27. The number of carbonyl (C=O) groups is 1. The van der Waals surface area contributed by atoms with Crippen molar-refractivity contribution >= 4 is 34.8 Å². The third-order valence-electron chi connectivity index (χ3n) is 4.67. The molecule has 0 radical (unpaired) electrons. The number of aryl methyl sites for hydroxylation is 1. The Morgan fingerprint density at radius 3 is 2.53 bits per heavy atom. The van der Waals surface area contributed by atoms with E-state index in [4.69, 9.17) is 4.84 Å². The Hall–Kier alpha value is -4.26. The summed E-state index contributed by atoms with van der Waals surface area (Å²) in [5.74, 6) is -0.599. The molecule has 0 saturated heterocycles. The van der Waals surface area contributed by atoms with E-state index in [0.717, 1.165) is 22.5 Å². The Balaban J connectivity index is 1.59. The van der Waals surface area contributed by atoms with Crippen molar-refractivity contribution in [2.75, 3.05) is 5.32 Å². The van der Waals surface area contributed by atoms with Gasteiger partial charge in [0, 0.05) is 29.1 Å². The van der Waals surface area contributed by atoms with Gasteiger partial charge in [-0.1, -0.05) is 47.6 Å². The number of hydrogen-bond donors (Lipinski definition) is 1. The van der Waals surface area contributed by atoms with Crippen molar-refractivity contribution in [3.05, 3.63) is 105 Å². The van der Waals surface area contributed by atoms with Crippen molar-refractivity contribution < 1.29 is 14.6 Å². The summed E-state index contributed by atoms with van der Waals surface area (Å²) in [6.45, 7) is 2.03. The molecule has 0 fully saturated rings. The number of nitro benzene ring substituents is 1. The molecule has 0 bridgehead atoms. The second-order valence-corrected chi connectivity index (χ2v) is 6.75. The second-order valence-electron chi connectivity index (χ2n) is 6.75. The zero-order valence-electron chi connectivity index (χ0n) is 16.0. The van der Waals surface area contributed by atoms with Crippen molar-refractivity contribution in [3.8, 4) is 0 Å². The molecule has 148 valence electrons. The first-order chi connectivity index (χ1) is 14.5. The number of para-hydroxylation sites is 1. The predicted molar refractivity (Wildman–Crippen MR) is 115 cm³/mol. The summed E-state index contributed by atoms with van der Waals surface area (Å²) < 4.78 is 0. The SMILES string of the molecule is Cc1ccccc1Nc1ccc(/C=C2/C(=O)ON=C2c2cccc([N+](=O)[O-])c2)cc1. The Morgan fingerprint density at radius 2 is 1.80 bits per heavy atom. The Labute approximate surface area is 172 Å². The third-order valence-corrected chi connectivity index (χ3v) is 4.67. The van der Waals surface area contributed by atoms with Gasteiger partial charge in [0.15, 0.2) is 0 Å². The minimum absolute atomic E-state index is 0.0828. The summed E-state index contributed by atoms with van der Waals surface area (Å²) >= 11 is 0. The summed E-state index contributed by atoms with van der Waals surface area (Å²) in [6, 6.07) is 21.5. The van der Waals surface area contributed by atoms with E-state index in [1.54, 1.807) is 18.2 Å². The van der Waals surface area contributed by atoms with Crippen LogP contribution in [-0.4, -0.2) is 16.6 Å². The zero-order chi connectivity index (χ0) is 21.1. The first kappa shape index (κ1) is 19.1. The van der Waals surface area contributed by atoms with Crippen LogP contribution >= 0.6 is 0 Å². The quantitative estimate of drug-likeness (QED) is 0.282. The molecule has 0 spiro atoms. The number of nitrogens with one attached hydrogen (secondary N) is 1. The molecule has 0 aliphatic carbocycles. The van der Waals surface area contributed by atoms with Crippen LogP contribution in [0.5, 0.6) is 0 Å². The van der Waals surface area contributed by atoms with E-state index in [1.807, 2.05) is 55.5 Å². The highest BCUT2D eigenvalue weighted by atomic mass is 16.7. The van der Waals surface area contributed by atoms with Crippen LogP contribution in [0.3, 0.4) is 0 Å². The van der Waals surface area contributed by atoms with E-state index in [-0.39, 0.29) is 17.0 Å². The highest BCUT2D eigenvalue weighted by Crippen LogP contribution is 2.25. The van der Waals surface area contributed by atoms with Crippen LogP contribution in [-0.2, 0) is 9.63 Å². The molecule has 0 atom stereocenters. The summed E-state index contributed by atoms with van der Waals surface area (Å²) in [5, 5.41) is 18.2. The first-order valence-electron chi connectivity index (χ1n) is 9.20. The van der Waals surface area contributed by atoms with Crippen LogP contribution in [0.4, 0.5) is 17.1 Å². The molecule has 7 nitrogen and oxygen atoms in total. The molecule has 0 unspecified atom stereocenters. The van der Waals surface area contributed by atoms with Gasteiger partial charge in [-0.05, 0) is 42.3 Å². The topological polar surface area (TPSA) is 93.8 Å². The summed E-state index contributed by atoms with van der Waals surface area (Å²) in [5.41, 5.74) is 4.71. The zero-order valence-corrected chi connectivity index (χ0v) is 16.0. The number of nitrogens with zero attached hydrogens (tertiary/aromatic N) is 2. The fourth-order valence-electron chi connectivity index (χ4n) is 3.08. The number of hydrogen-bond acceptors (Lipinski definition) is 6. The van der Waals surface area contributed by atoms with E-state index in [9.17, 15) is 14.9 Å². The Morgan fingerprint density at radius 1 is 1.03 bits per heavy atom. The molecular formula is C23H17N3O4. The van der Waals surface area contributed by atoms with Gasteiger partial charge in [-0.25, -0.2) is 4.79 Å². The van der Waals surface area contributed by atoms with Crippen LogP contribution < -0.4 is 5.32 Å². The number of benzene rings is 3. The lowest BCUT2D eigenvalue weighted by Gasteiger charge is -2.09. The van der Waals surface area contributed by atoms with Gasteiger partial charge >= 0.3 is 5.97 Å². The van der Waals surface area contributed by atoms with Gasteiger partial charge in [0.2, 0.25) is 0 Å². The van der Waals surface area contributed by atoms with Crippen molar-refractivity contribution in [1.29, 1.82) is 0 Å². The molecule has 1 aliphatic heterocycles. The largest absolute Gasteiger partial charge is 0.368 e. The molecule has 4 rings (SSSR count). The number of non-ortho nitro benzene ring substituents is 1. The second kappa shape index (κ2) is 8.00. The number of nitro groups is 1. The number of anilines is 2. The lowest BCUT2D eigenvalue weighted by molar-refractivity contribution is -0.384. The monoisotopic (exact) mass is 399 g/mol. The van der Waals surface area contributed by atoms with Crippen molar-refractivity contribution in [3.63, 3.8) is 0 Å². The van der Waals surface area contributed by atoms with Crippen LogP contribution in [0.25, 0.3) is 6.08 Å². The smallest absolute Gasteiger partial charge is 0.355 e. The predicted octanol–water partition coefficient (Wildman–Crippen LogP) is 4.99.